The van der Waals surface area contributed by atoms with Crippen molar-refractivity contribution >= 4 is 26.0 Å². The van der Waals surface area contributed by atoms with Crippen molar-refractivity contribution in [1.82, 2.24) is 4.31 Å². The summed E-state index contributed by atoms with van der Waals surface area (Å²) in [4.78, 5) is 0.161. The third-order valence-corrected chi connectivity index (χ3v) is 7.01. The molecule has 0 bridgehead atoms. The molecule has 2 unspecified atom stereocenters. The van der Waals surface area contributed by atoms with Crippen LogP contribution in [0.2, 0.25) is 0 Å². The van der Waals surface area contributed by atoms with Crippen molar-refractivity contribution < 1.29 is 12.8 Å². The molecule has 0 aromatic heterocycles. The van der Waals surface area contributed by atoms with E-state index in [0.717, 1.165) is 12.8 Å². The molecule has 1 saturated heterocycles. The SMILES string of the molecule is O=S(=O)(c1ccc(F)cc1Br)N1CC2CCCC2C1. The quantitative estimate of drug-likeness (QED) is 0.824. The second kappa shape index (κ2) is 4.82. The van der Waals surface area contributed by atoms with Crippen LogP contribution >= 0.6 is 15.9 Å². The lowest BCUT2D eigenvalue weighted by atomic mass is 10.0. The van der Waals surface area contributed by atoms with Crippen molar-refractivity contribution in [3.05, 3.63) is 28.5 Å². The van der Waals surface area contributed by atoms with Gasteiger partial charge in [0.1, 0.15) is 5.82 Å². The highest BCUT2D eigenvalue weighted by Crippen LogP contribution is 2.40. The molecule has 1 aliphatic carbocycles. The highest BCUT2D eigenvalue weighted by molar-refractivity contribution is 9.10. The summed E-state index contributed by atoms with van der Waals surface area (Å²) >= 11 is 3.15. The van der Waals surface area contributed by atoms with E-state index in [1.165, 1.54) is 24.6 Å². The Bertz CT molecular complexity index is 593. The maximum Gasteiger partial charge on any atom is 0.244 e. The molecule has 1 heterocycles. The first-order chi connectivity index (χ1) is 8.98. The fourth-order valence-electron chi connectivity index (χ4n) is 3.21. The number of benzene rings is 1. The van der Waals surface area contributed by atoms with Crippen LogP contribution in [0.3, 0.4) is 0 Å². The van der Waals surface area contributed by atoms with Gasteiger partial charge < -0.3 is 0 Å². The average Bonchev–Trinajstić information content (AvgIpc) is 2.87. The van der Waals surface area contributed by atoms with Crippen LogP contribution in [-0.4, -0.2) is 25.8 Å². The molecular weight excluding hydrogens is 333 g/mol. The fourth-order valence-corrected chi connectivity index (χ4v) is 5.78. The molecule has 2 fully saturated rings. The Kier molecular flexibility index (Phi) is 3.43. The zero-order chi connectivity index (χ0) is 13.6. The van der Waals surface area contributed by atoms with Crippen molar-refractivity contribution in [2.75, 3.05) is 13.1 Å². The number of fused-ring (bicyclic) bond motifs is 1. The van der Waals surface area contributed by atoms with Crippen LogP contribution in [0.5, 0.6) is 0 Å². The third kappa shape index (κ3) is 2.34. The van der Waals surface area contributed by atoms with E-state index in [4.69, 9.17) is 0 Å². The number of halogens is 2. The van der Waals surface area contributed by atoms with Gasteiger partial charge in [0.25, 0.3) is 0 Å². The van der Waals surface area contributed by atoms with Crippen molar-refractivity contribution in [2.45, 2.75) is 24.2 Å². The number of hydrogen-bond acceptors (Lipinski definition) is 2. The molecule has 1 aromatic carbocycles. The molecule has 3 rings (SSSR count). The van der Waals surface area contributed by atoms with E-state index in [1.807, 2.05) is 0 Å². The minimum absolute atomic E-state index is 0.161. The Balaban J connectivity index is 1.91. The Labute approximate surface area is 121 Å². The first kappa shape index (κ1) is 13.5. The molecule has 0 amide bonds. The predicted molar refractivity (Wildman–Crippen MR) is 73.7 cm³/mol. The number of hydrogen-bond donors (Lipinski definition) is 0. The van der Waals surface area contributed by atoms with Crippen LogP contribution in [0, 0.1) is 17.7 Å². The van der Waals surface area contributed by atoms with Gasteiger partial charge in [-0.05, 0) is 58.8 Å². The molecule has 3 nitrogen and oxygen atoms in total. The molecule has 0 spiro atoms. The van der Waals surface area contributed by atoms with Crippen molar-refractivity contribution in [3.63, 3.8) is 0 Å². The molecule has 1 aliphatic heterocycles. The fraction of sp³-hybridized carbons (Fsp3) is 0.538. The predicted octanol–water partition coefficient (Wildman–Crippen LogP) is 3.01. The van der Waals surface area contributed by atoms with Gasteiger partial charge in [0.15, 0.2) is 0 Å². The Morgan fingerprint density at radius 1 is 1.21 bits per heavy atom. The van der Waals surface area contributed by atoms with E-state index in [-0.39, 0.29) is 4.90 Å². The van der Waals surface area contributed by atoms with Crippen LogP contribution in [0.4, 0.5) is 4.39 Å². The second-order valence-corrected chi connectivity index (χ2v) is 8.11. The zero-order valence-corrected chi connectivity index (χ0v) is 12.8. The Morgan fingerprint density at radius 2 is 1.84 bits per heavy atom. The molecule has 0 N–H and O–H groups in total. The summed E-state index contributed by atoms with van der Waals surface area (Å²) in [5.41, 5.74) is 0. The van der Waals surface area contributed by atoms with Crippen molar-refractivity contribution in [1.29, 1.82) is 0 Å². The molecule has 19 heavy (non-hydrogen) atoms. The molecule has 0 radical (unpaired) electrons. The average molecular weight is 348 g/mol. The first-order valence-electron chi connectivity index (χ1n) is 6.43. The maximum absolute atomic E-state index is 13.1. The van der Waals surface area contributed by atoms with Gasteiger partial charge in [-0.1, -0.05) is 6.42 Å². The molecule has 2 atom stereocenters. The van der Waals surface area contributed by atoms with Gasteiger partial charge in [-0.3, -0.25) is 0 Å². The topological polar surface area (TPSA) is 37.4 Å². The maximum atomic E-state index is 13.1. The molecule has 1 saturated carbocycles. The van der Waals surface area contributed by atoms with Crippen molar-refractivity contribution in [2.24, 2.45) is 11.8 Å². The van der Waals surface area contributed by atoms with Crippen molar-refractivity contribution in [3.8, 4) is 0 Å². The molecule has 6 heteroatoms. The van der Waals surface area contributed by atoms with E-state index in [0.29, 0.717) is 29.4 Å². The zero-order valence-electron chi connectivity index (χ0n) is 10.4. The summed E-state index contributed by atoms with van der Waals surface area (Å²) in [6.45, 7) is 1.22. The standard InChI is InChI=1S/C13H15BrFNO2S/c14-12-6-11(15)4-5-13(12)19(17,18)16-7-9-2-1-3-10(9)8-16/h4-6,9-10H,1-3,7-8H2. The molecule has 1 aromatic rings. The highest BCUT2D eigenvalue weighted by atomic mass is 79.9. The van der Waals surface area contributed by atoms with Gasteiger partial charge in [0.05, 0.1) is 4.90 Å². The largest absolute Gasteiger partial charge is 0.244 e. The van der Waals surface area contributed by atoms with Gasteiger partial charge in [-0.25, -0.2) is 12.8 Å². The van der Waals surface area contributed by atoms with E-state index >= 15 is 0 Å². The molecule has 2 aliphatic rings. The van der Waals surface area contributed by atoms with E-state index in [9.17, 15) is 12.8 Å². The summed E-state index contributed by atoms with van der Waals surface area (Å²) in [5, 5.41) is 0. The summed E-state index contributed by atoms with van der Waals surface area (Å²) < 4.78 is 40.1. The van der Waals surface area contributed by atoms with Gasteiger partial charge in [-0.15, -0.1) is 0 Å². The summed E-state index contributed by atoms with van der Waals surface area (Å²) in [6, 6.07) is 3.72. The normalized spacial score (nSPS) is 27.7. The number of sulfonamides is 1. The van der Waals surface area contributed by atoms with E-state index < -0.39 is 15.8 Å². The highest BCUT2D eigenvalue weighted by Gasteiger charge is 2.41. The minimum Gasteiger partial charge on any atom is -0.207 e. The van der Waals surface area contributed by atoms with Gasteiger partial charge in [0.2, 0.25) is 10.0 Å². The van der Waals surface area contributed by atoms with E-state index in [1.54, 1.807) is 4.31 Å². The third-order valence-electron chi connectivity index (χ3n) is 4.20. The van der Waals surface area contributed by atoms with Gasteiger partial charge in [0, 0.05) is 17.6 Å². The second-order valence-electron chi connectivity index (χ2n) is 5.35. The monoisotopic (exact) mass is 347 g/mol. The summed E-state index contributed by atoms with van der Waals surface area (Å²) in [6.07, 6.45) is 3.46. The lowest BCUT2D eigenvalue weighted by molar-refractivity contribution is 0.445. The molecular formula is C13H15BrFNO2S. The lowest BCUT2D eigenvalue weighted by Gasteiger charge is -2.18. The van der Waals surface area contributed by atoms with Gasteiger partial charge in [-0.2, -0.15) is 4.31 Å². The minimum atomic E-state index is -3.51. The van der Waals surface area contributed by atoms with Crippen LogP contribution in [0.15, 0.2) is 27.6 Å². The smallest absolute Gasteiger partial charge is 0.207 e. The van der Waals surface area contributed by atoms with Crippen LogP contribution in [0.1, 0.15) is 19.3 Å². The van der Waals surface area contributed by atoms with E-state index in [2.05, 4.69) is 15.9 Å². The van der Waals surface area contributed by atoms with Crippen LogP contribution in [0.25, 0.3) is 0 Å². The lowest BCUT2D eigenvalue weighted by Crippen LogP contribution is -2.30. The van der Waals surface area contributed by atoms with Gasteiger partial charge >= 0.3 is 0 Å². The number of nitrogens with zero attached hydrogens (tertiary/aromatic N) is 1. The first-order valence-corrected chi connectivity index (χ1v) is 8.67. The summed E-state index contributed by atoms with van der Waals surface area (Å²) in [7, 11) is -3.51. The summed E-state index contributed by atoms with van der Waals surface area (Å²) in [5.74, 6) is 0.576. The van der Waals surface area contributed by atoms with Crippen LogP contribution < -0.4 is 0 Å². The molecule has 104 valence electrons. The number of rotatable bonds is 2. The Morgan fingerprint density at radius 3 is 2.42 bits per heavy atom. The van der Waals surface area contributed by atoms with Crippen LogP contribution in [-0.2, 0) is 10.0 Å². The Hall–Kier alpha value is -0.460.